The SMILES string of the molecule is CC/C=C\C/C=C\C/C=C\C/C=C\CCCCCCCCCCCCCCCCCCCCCCC(=O)NC(COC1OC(CO)C(OC2OC(CO)C(O)C(O)C2O)C(O)C1O)C(O)/C=C/CCCCCCCCCCCCC. The Balaban J connectivity index is 1.62. The molecule has 2 aliphatic heterocycles. The topological polar surface area (TPSA) is 228 Å². The number of nitrogens with one attached hydrogen (secondary N) is 1. The quantitative estimate of drug-likeness (QED) is 0.0204. The van der Waals surface area contributed by atoms with Crippen LogP contribution in [-0.4, -0.2) is 140 Å². The van der Waals surface area contributed by atoms with Crippen LogP contribution in [0.4, 0.5) is 0 Å². The molecule has 2 heterocycles. The molecule has 0 aliphatic carbocycles. The molecule has 80 heavy (non-hydrogen) atoms. The lowest BCUT2D eigenvalue weighted by Crippen LogP contribution is -2.65. The van der Waals surface area contributed by atoms with E-state index >= 15 is 0 Å². The lowest BCUT2D eigenvalue weighted by molar-refractivity contribution is -0.359. The monoisotopic (exact) mass is 1130 g/mol. The highest BCUT2D eigenvalue weighted by Crippen LogP contribution is 2.30. The first kappa shape index (κ1) is 73.8. The van der Waals surface area contributed by atoms with Crippen molar-refractivity contribution in [1.29, 1.82) is 0 Å². The van der Waals surface area contributed by atoms with Gasteiger partial charge in [-0.05, 0) is 57.8 Å². The van der Waals surface area contributed by atoms with E-state index in [9.17, 15) is 45.6 Å². The number of carbonyl (C=O) groups excluding carboxylic acids is 1. The van der Waals surface area contributed by atoms with Crippen LogP contribution in [0.15, 0.2) is 60.8 Å². The Kier molecular flexibility index (Phi) is 47.2. The minimum absolute atomic E-state index is 0.238. The Morgan fingerprint density at radius 1 is 0.463 bits per heavy atom. The van der Waals surface area contributed by atoms with Crippen LogP contribution in [0, 0.1) is 0 Å². The van der Waals surface area contributed by atoms with Crippen LogP contribution in [0.1, 0.15) is 258 Å². The number of hydrogen-bond acceptors (Lipinski definition) is 13. The Bertz CT molecular complexity index is 1570. The summed E-state index contributed by atoms with van der Waals surface area (Å²) in [6, 6.07) is -0.914. The van der Waals surface area contributed by atoms with Crippen LogP contribution in [0.5, 0.6) is 0 Å². The van der Waals surface area contributed by atoms with Gasteiger partial charge >= 0.3 is 0 Å². The van der Waals surface area contributed by atoms with Crippen LogP contribution in [0.3, 0.4) is 0 Å². The molecule has 0 aromatic carbocycles. The van der Waals surface area contributed by atoms with Crippen molar-refractivity contribution in [1.82, 2.24) is 5.32 Å². The van der Waals surface area contributed by atoms with Gasteiger partial charge in [0.15, 0.2) is 12.6 Å². The van der Waals surface area contributed by atoms with Crippen molar-refractivity contribution in [3.8, 4) is 0 Å². The molecular formula is C66H119NO13. The molecule has 12 unspecified atom stereocenters. The van der Waals surface area contributed by atoms with Gasteiger partial charge in [-0.1, -0.05) is 254 Å². The van der Waals surface area contributed by atoms with Crippen molar-refractivity contribution < 1.29 is 64.6 Å². The normalized spacial score (nSPS) is 24.6. The van der Waals surface area contributed by atoms with Gasteiger partial charge in [0.1, 0.15) is 48.8 Å². The maximum absolute atomic E-state index is 13.3. The van der Waals surface area contributed by atoms with Gasteiger partial charge in [-0.3, -0.25) is 4.79 Å². The number of carbonyl (C=O) groups is 1. The molecule has 0 radical (unpaired) electrons. The third-order valence-electron chi connectivity index (χ3n) is 15.7. The number of ether oxygens (including phenoxy) is 4. The van der Waals surface area contributed by atoms with E-state index in [4.69, 9.17) is 18.9 Å². The lowest BCUT2D eigenvalue weighted by Gasteiger charge is -2.46. The van der Waals surface area contributed by atoms with Crippen LogP contribution in [0.25, 0.3) is 0 Å². The van der Waals surface area contributed by atoms with Gasteiger partial charge in [0.05, 0.1) is 32.0 Å². The van der Waals surface area contributed by atoms with E-state index in [-0.39, 0.29) is 18.9 Å². The summed E-state index contributed by atoms with van der Waals surface area (Å²) in [6.07, 6.45) is 50.0. The molecule has 0 aromatic heterocycles. The summed E-state index contributed by atoms with van der Waals surface area (Å²) in [4.78, 5) is 13.3. The maximum Gasteiger partial charge on any atom is 0.220 e. The molecule has 0 aromatic rings. The zero-order valence-corrected chi connectivity index (χ0v) is 50.3. The molecule has 0 saturated carbocycles. The van der Waals surface area contributed by atoms with Crippen molar-refractivity contribution in [2.75, 3.05) is 19.8 Å². The molecule has 12 atom stereocenters. The standard InChI is InChI=1S/C66H119NO13/c1-3-5-7-9-11-13-15-17-18-19-20-21-22-23-24-25-26-27-28-29-30-31-32-33-34-35-36-38-40-42-44-46-48-50-58(71)67-54(55(70)49-47-45-43-41-39-37-16-14-12-10-8-6-4-2)53-77-65-63(76)61(74)64(57(52-69)79-65)80-66-62(75)60(73)59(72)56(51-68)78-66/h5,7,11,13,17-18,20-21,47,49,54-57,59-66,68-70,72-76H,3-4,6,8-10,12,14-16,19,22-46,48,50-53H2,1-2H3,(H,67,71)/b7-5-,13-11-,18-17-,21-20-,49-47+. The number of rotatable bonds is 52. The molecule has 1 amide bonds. The van der Waals surface area contributed by atoms with Gasteiger partial charge in [0, 0.05) is 6.42 Å². The fourth-order valence-electron chi connectivity index (χ4n) is 10.5. The number of allylic oxidation sites excluding steroid dienone is 9. The number of aliphatic hydroxyl groups excluding tert-OH is 8. The largest absolute Gasteiger partial charge is 0.394 e. The van der Waals surface area contributed by atoms with Crippen molar-refractivity contribution in [3.05, 3.63) is 60.8 Å². The summed E-state index contributed by atoms with van der Waals surface area (Å²) >= 11 is 0. The zero-order chi connectivity index (χ0) is 58.1. The number of hydrogen-bond donors (Lipinski definition) is 9. The van der Waals surface area contributed by atoms with Crippen molar-refractivity contribution in [3.63, 3.8) is 0 Å². The smallest absolute Gasteiger partial charge is 0.220 e. The van der Waals surface area contributed by atoms with Crippen molar-refractivity contribution in [2.24, 2.45) is 0 Å². The van der Waals surface area contributed by atoms with E-state index in [1.54, 1.807) is 6.08 Å². The molecule has 0 spiro atoms. The molecule has 2 fully saturated rings. The second kappa shape index (κ2) is 51.1. The Morgan fingerprint density at radius 2 is 0.863 bits per heavy atom. The van der Waals surface area contributed by atoms with E-state index < -0.39 is 86.8 Å². The molecule has 0 bridgehead atoms. The summed E-state index contributed by atoms with van der Waals surface area (Å²) < 4.78 is 22.8. The molecule has 14 heteroatoms. The van der Waals surface area contributed by atoms with E-state index in [2.05, 4.69) is 67.8 Å². The van der Waals surface area contributed by atoms with Crippen molar-refractivity contribution >= 4 is 5.91 Å². The zero-order valence-electron chi connectivity index (χ0n) is 50.3. The van der Waals surface area contributed by atoms with Crippen LogP contribution >= 0.6 is 0 Å². The van der Waals surface area contributed by atoms with E-state index in [0.29, 0.717) is 6.42 Å². The molecule has 2 saturated heterocycles. The third kappa shape index (κ3) is 35.7. The Labute approximate surface area is 486 Å². The number of unbranched alkanes of at least 4 members (excludes halogenated alkanes) is 31. The average Bonchev–Trinajstić information content (AvgIpc) is 3.49. The summed E-state index contributed by atoms with van der Waals surface area (Å²) in [5.74, 6) is -0.238. The summed E-state index contributed by atoms with van der Waals surface area (Å²) in [7, 11) is 0. The first-order valence-electron chi connectivity index (χ1n) is 32.5. The first-order chi connectivity index (χ1) is 39.1. The maximum atomic E-state index is 13.3. The van der Waals surface area contributed by atoms with Crippen LogP contribution in [0.2, 0.25) is 0 Å². The number of amides is 1. The van der Waals surface area contributed by atoms with Gasteiger partial charge in [0.2, 0.25) is 5.91 Å². The minimum Gasteiger partial charge on any atom is -0.394 e. The highest BCUT2D eigenvalue weighted by atomic mass is 16.7. The molecule has 466 valence electrons. The second-order valence-electron chi connectivity index (χ2n) is 22.9. The molecule has 14 nitrogen and oxygen atoms in total. The van der Waals surface area contributed by atoms with E-state index in [0.717, 1.165) is 64.2 Å². The number of aliphatic hydroxyl groups is 8. The predicted octanol–water partition coefficient (Wildman–Crippen LogP) is 12.1. The third-order valence-corrected chi connectivity index (χ3v) is 15.7. The second-order valence-corrected chi connectivity index (χ2v) is 22.9. The van der Waals surface area contributed by atoms with Crippen LogP contribution < -0.4 is 5.32 Å². The Morgan fingerprint density at radius 3 is 1.32 bits per heavy atom. The minimum atomic E-state index is -1.79. The average molecular weight is 1130 g/mol. The fraction of sp³-hybridized carbons (Fsp3) is 0.833. The van der Waals surface area contributed by atoms with Gasteiger partial charge < -0.3 is 65.1 Å². The Hall–Kier alpha value is -2.31. The van der Waals surface area contributed by atoms with Crippen molar-refractivity contribution in [2.45, 2.75) is 331 Å². The van der Waals surface area contributed by atoms with Gasteiger partial charge in [-0.25, -0.2) is 0 Å². The van der Waals surface area contributed by atoms with Crippen LogP contribution in [-0.2, 0) is 23.7 Å². The molecular weight excluding hydrogens is 1010 g/mol. The molecule has 2 rings (SSSR count). The lowest BCUT2D eigenvalue weighted by atomic mass is 9.97. The highest BCUT2D eigenvalue weighted by Gasteiger charge is 2.51. The first-order valence-corrected chi connectivity index (χ1v) is 32.5. The predicted molar refractivity (Wildman–Crippen MR) is 323 cm³/mol. The summed E-state index contributed by atoms with van der Waals surface area (Å²) in [6.45, 7) is 2.69. The van der Waals surface area contributed by atoms with Gasteiger partial charge in [-0.2, -0.15) is 0 Å². The van der Waals surface area contributed by atoms with Gasteiger partial charge in [0.25, 0.3) is 0 Å². The molecule has 9 N–H and O–H groups in total. The highest BCUT2D eigenvalue weighted by molar-refractivity contribution is 5.76. The fourth-order valence-corrected chi connectivity index (χ4v) is 10.5. The summed E-state index contributed by atoms with van der Waals surface area (Å²) in [5, 5.41) is 87.1. The van der Waals surface area contributed by atoms with E-state index in [1.807, 2.05) is 6.08 Å². The summed E-state index contributed by atoms with van der Waals surface area (Å²) in [5.41, 5.74) is 0. The van der Waals surface area contributed by atoms with E-state index in [1.165, 1.54) is 167 Å². The molecule has 2 aliphatic rings. The van der Waals surface area contributed by atoms with Gasteiger partial charge in [-0.15, -0.1) is 0 Å².